The van der Waals surface area contributed by atoms with Crippen molar-refractivity contribution in [2.75, 3.05) is 26.2 Å². The van der Waals surface area contributed by atoms with E-state index in [4.69, 9.17) is 14.2 Å². The molecule has 0 bridgehead atoms. The van der Waals surface area contributed by atoms with Gasteiger partial charge in [0.2, 0.25) is 5.91 Å². The maximum atomic E-state index is 13.4. The van der Waals surface area contributed by atoms with Gasteiger partial charge < -0.3 is 29.3 Å². The summed E-state index contributed by atoms with van der Waals surface area (Å²) in [6.07, 6.45) is -1.17. The van der Waals surface area contributed by atoms with E-state index in [9.17, 15) is 19.2 Å². The van der Waals surface area contributed by atoms with E-state index in [0.717, 1.165) is 5.56 Å². The van der Waals surface area contributed by atoms with E-state index in [1.807, 2.05) is 37.3 Å². The second-order valence-electron chi connectivity index (χ2n) is 9.41. The maximum absolute atomic E-state index is 13.4. The Kier molecular flexibility index (Phi) is 10.4. The number of amides is 3. The summed E-state index contributed by atoms with van der Waals surface area (Å²) in [5, 5.41) is 2.61. The number of hydrogen-bond acceptors (Lipinski definition) is 7. The van der Waals surface area contributed by atoms with Gasteiger partial charge in [0.1, 0.15) is 18.2 Å². The highest BCUT2D eigenvalue weighted by Crippen LogP contribution is 2.16. The Morgan fingerprint density at radius 2 is 1.77 bits per heavy atom. The highest BCUT2D eigenvalue weighted by Gasteiger charge is 2.35. The molecule has 0 aromatic heterocycles. The molecule has 1 heterocycles. The number of alkyl carbamates (subject to hydrolysis) is 1. The molecule has 0 aliphatic carbocycles. The van der Waals surface area contributed by atoms with Gasteiger partial charge in [0, 0.05) is 32.1 Å². The highest BCUT2D eigenvalue weighted by atomic mass is 16.6. The summed E-state index contributed by atoms with van der Waals surface area (Å²) in [5.74, 6) is -0.809. The van der Waals surface area contributed by atoms with Crippen molar-refractivity contribution < 1.29 is 33.4 Å². The molecule has 1 saturated heterocycles. The first kappa shape index (κ1) is 27.9. The van der Waals surface area contributed by atoms with Crippen molar-refractivity contribution in [1.82, 2.24) is 15.1 Å². The van der Waals surface area contributed by atoms with Crippen LogP contribution < -0.4 is 5.32 Å². The second kappa shape index (κ2) is 13.0. The first-order chi connectivity index (χ1) is 16.5. The molecule has 35 heavy (non-hydrogen) atoms. The number of carbonyl (C=O) groups is 4. The highest BCUT2D eigenvalue weighted by molar-refractivity contribution is 5.86. The van der Waals surface area contributed by atoms with Crippen LogP contribution in [-0.2, 0) is 30.4 Å². The number of piperazine rings is 1. The number of carbonyl (C=O) groups excluding carboxylic acids is 4. The van der Waals surface area contributed by atoms with Crippen LogP contribution in [0.2, 0.25) is 0 Å². The van der Waals surface area contributed by atoms with E-state index < -0.39 is 29.8 Å². The molecular weight excluding hydrogens is 454 g/mol. The zero-order valence-corrected chi connectivity index (χ0v) is 21.2. The largest absolute Gasteiger partial charge is 0.460 e. The number of esters is 1. The summed E-state index contributed by atoms with van der Waals surface area (Å²) in [6.45, 7) is 10.1. The molecular formula is C25H37N3O7. The molecule has 1 aliphatic rings. The van der Waals surface area contributed by atoms with Crippen LogP contribution in [-0.4, -0.2) is 77.8 Å². The number of benzene rings is 1. The molecule has 1 unspecified atom stereocenters. The fraction of sp³-hybridized carbons (Fsp3) is 0.600. The van der Waals surface area contributed by atoms with Crippen LogP contribution in [0.1, 0.15) is 53.0 Å². The molecule has 10 heteroatoms. The first-order valence-electron chi connectivity index (χ1n) is 11.9. The van der Waals surface area contributed by atoms with Gasteiger partial charge in [-0.25, -0.2) is 9.59 Å². The molecule has 2 rings (SSSR count). The number of rotatable bonds is 8. The van der Waals surface area contributed by atoms with Crippen molar-refractivity contribution in [1.29, 1.82) is 0 Å². The fourth-order valence-corrected chi connectivity index (χ4v) is 3.68. The molecule has 1 fully saturated rings. The van der Waals surface area contributed by atoms with Crippen LogP contribution in [0.3, 0.4) is 0 Å². The van der Waals surface area contributed by atoms with Gasteiger partial charge in [0.05, 0.1) is 6.61 Å². The van der Waals surface area contributed by atoms with Crippen molar-refractivity contribution in [3.63, 3.8) is 0 Å². The van der Waals surface area contributed by atoms with E-state index in [-0.39, 0.29) is 44.5 Å². The lowest BCUT2D eigenvalue weighted by atomic mass is 10.1. The van der Waals surface area contributed by atoms with Crippen LogP contribution in [0, 0.1) is 0 Å². The van der Waals surface area contributed by atoms with E-state index in [1.165, 1.54) is 0 Å². The van der Waals surface area contributed by atoms with Crippen LogP contribution in [0.4, 0.5) is 9.59 Å². The Labute approximate surface area is 206 Å². The van der Waals surface area contributed by atoms with Gasteiger partial charge in [-0.2, -0.15) is 0 Å². The van der Waals surface area contributed by atoms with Crippen molar-refractivity contribution in [3.05, 3.63) is 35.9 Å². The van der Waals surface area contributed by atoms with Crippen molar-refractivity contribution >= 4 is 24.1 Å². The molecule has 2 atom stereocenters. The predicted molar refractivity (Wildman–Crippen MR) is 128 cm³/mol. The third-order valence-electron chi connectivity index (χ3n) is 5.30. The summed E-state index contributed by atoms with van der Waals surface area (Å²) < 4.78 is 15.7. The lowest BCUT2D eigenvalue weighted by Crippen LogP contribution is -2.59. The van der Waals surface area contributed by atoms with Crippen molar-refractivity contribution in [3.8, 4) is 0 Å². The van der Waals surface area contributed by atoms with E-state index in [1.54, 1.807) is 37.5 Å². The molecule has 3 amide bonds. The first-order valence-corrected chi connectivity index (χ1v) is 11.9. The van der Waals surface area contributed by atoms with E-state index >= 15 is 0 Å². The Hall–Kier alpha value is -3.30. The third kappa shape index (κ3) is 9.46. The third-order valence-corrected chi connectivity index (χ3v) is 5.30. The molecule has 1 aromatic rings. The zero-order valence-electron chi connectivity index (χ0n) is 21.2. The summed E-state index contributed by atoms with van der Waals surface area (Å²) in [4.78, 5) is 53.3. The number of hydrogen-bond donors (Lipinski definition) is 1. The average Bonchev–Trinajstić information content (AvgIpc) is 2.79. The Bertz CT molecular complexity index is 870. The maximum Gasteiger partial charge on any atom is 0.409 e. The summed E-state index contributed by atoms with van der Waals surface area (Å²) in [5.41, 5.74) is 0.152. The minimum atomic E-state index is -0.984. The topological polar surface area (TPSA) is 114 Å². The smallest absolute Gasteiger partial charge is 0.409 e. The molecule has 194 valence electrons. The lowest BCUT2D eigenvalue weighted by molar-refractivity contribution is -0.155. The monoisotopic (exact) mass is 491 g/mol. The molecule has 0 saturated carbocycles. The summed E-state index contributed by atoms with van der Waals surface area (Å²) >= 11 is 0. The van der Waals surface area contributed by atoms with Gasteiger partial charge >= 0.3 is 18.2 Å². The quantitative estimate of drug-likeness (QED) is 0.439. The van der Waals surface area contributed by atoms with Crippen molar-refractivity contribution in [2.45, 2.75) is 71.8 Å². The Morgan fingerprint density at radius 1 is 1.09 bits per heavy atom. The number of nitrogens with one attached hydrogen (secondary N) is 1. The molecule has 0 spiro atoms. The standard InChI is InChI=1S/C25H37N3O7/c1-6-33-24(32)27-14-15-28(18(2)16-27)22(30)20(12-13-21(29)35-25(3,4)5)26-23(31)34-17-19-10-8-7-9-11-19/h7-11,18,20H,6,12-17H2,1-5H3,(H,26,31)/t18?,20-/m0/s1. The number of ether oxygens (including phenoxy) is 3. The molecule has 1 N–H and O–H groups in total. The van der Waals surface area contributed by atoms with Crippen LogP contribution in [0.5, 0.6) is 0 Å². The van der Waals surface area contributed by atoms with Crippen molar-refractivity contribution in [2.24, 2.45) is 0 Å². The van der Waals surface area contributed by atoms with Crippen LogP contribution in [0.25, 0.3) is 0 Å². The molecule has 10 nitrogen and oxygen atoms in total. The Balaban J connectivity index is 2.04. The van der Waals surface area contributed by atoms with Gasteiger partial charge in [0.15, 0.2) is 0 Å². The van der Waals surface area contributed by atoms with Crippen LogP contribution >= 0.6 is 0 Å². The minimum Gasteiger partial charge on any atom is -0.460 e. The Morgan fingerprint density at radius 3 is 2.37 bits per heavy atom. The van der Waals surface area contributed by atoms with E-state index in [2.05, 4.69) is 5.32 Å². The summed E-state index contributed by atoms with van der Waals surface area (Å²) in [6, 6.07) is 7.89. The van der Waals surface area contributed by atoms with Crippen LogP contribution in [0.15, 0.2) is 30.3 Å². The van der Waals surface area contributed by atoms with Gasteiger partial charge in [-0.1, -0.05) is 30.3 Å². The normalized spacial score (nSPS) is 16.8. The summed E-state index contributed by atoms with van der Waals surface area (Å²) in [7, 11) is 0. The van der Waals surface area contributed by atoms with Gasteiger partial charge in [-0.05, 0) is 46.6 Å². The minimum absolute atomic E-state index is 0.0499. The van der Waals surface area contributed by atoms with E-state index in [0.29, 0.717) is 13.1 Å². The second-order valence-corrected chi connectivity index (χ2v) is 9.41. The fourth-order valence-electron chi connectivity index (χ4n) is 3.68. The van der Waals surface area contributed by atoms with Gasteiger partial charge in [-0.15, -0.1) is 0 Å². The lowest BCUT2D eigenvalue weighted by Gasteiger charge is -2.40. The molecule has 1 aromatic carbocycles. The molecule has 1 aliphatic heterocycles. The van der Waals surface area contributed by atoms with Gasteiger partial charge in [0.25, 0.3) is 0 Å². The number of nitrogens with zero attached hydrogens (tertiary/aromatic N) is 2. The average molecular weight is 492 g/mol. The SMILES string of the molecule is CCOC(=O)N1CCN(C(=O)[C@H](CCC(=O)OC(C)(C)C)NC(=O)OCc2ccccc2)C(C)C1. The molecule has 0 radical (unpaired) electrons. The van der Waals surface area contributed by atoms with Gasteiger partial charge in [-0.3, -0.25) is 9.59 Å². The predicted octanol–water partition coefficient (Wildman–Crippen LogP) is 3.09. The zero-order chi connectivity index (χ0) is 26.0.